The number of ether oxygens (including phenoxy) is 8. The lowest BCUT2D eigenvalue weighted by Gasteiger charge is -2.49. The van der Waals surface area contributed by atoms with E-state index in [1.54, 1.807) is 41.3 Å². The van der Waals surface area contributed by atoms with Crippen LogP contribution < -0.4 is 10.6 Å². The van der Waals surface area contributed by atoms with Gasteiger partial charge in [-0.1, -0.05) is 102 Å². The van der Waals surface area contributed by atoms with E-state index in [4.69, 9.17) is 37.9 Å². The van der Waals surface area contributed by atoms with Gasteiger partial charge >= 0.3 is 5.97 Å². The molecule has 4 aromatic carbocycles. The Morgan fingerprint density at radius 2 is 1.04 bits per heavy atom. The molecule has 608 valence electrons. The number of aliphatic hydroxyl groups excluding tert-OH is 9. The number of halogens is 3. The summed E-state index contributed by atoms with van der Waals surface area (Å²) in [6.45, 7) is 0.194. The van der Waals surface area contributed by atoms with Gasteiger partial charge in [0.1, 0.15) is 114 Å². The maximum atomic E-state index is 15.2. The number of nitrogens with one attached hydrogen (secondary N) is 2. The topological polar surface area (TPSA) is 444 Å². The van der Waals surface area contributed by atoms with Crippen molar-refractivity contribution in [3.05, 3.63) is 145 Å². The molecule has 7 fully saturated rings. The molecule has 36 heteroatoms. The van der Waals surface area contributed by atoms with Crippen molar-refractivity contribution < 1.29 is 116 Å². The van der Waals surface area contributed by atoms with Gasteiger partial charge in [-0.3, -0.25) is 14.4 Å². The van der Waals surface area contributed by atoms with Crippen molar-refractivity contribution in [2.75, 3.05) is 39.4 Å². The molecule has 4 aliphatic heterocycles. The average Bonchev–Trinajstić information content (AvgIpc) is 1.75. The van der Waals surface area contributed by atoms with Crippen LogP contribution in [0, 0.1) is 35.2 Å². The number of carbonyl (C=O) groups excluding carboxylic acids is 4. The van der Waals surface area contributed by atoms with Crippen LogP contribution in [0.15, 0.2) is 122 Å². The third-order valence-electron chi connectivity index (χ3n) is 22.6. The lowest BCUT2D eigenvalue weighted by Crippen LogP contribution is -2.64. The van der Waals surface area contributed by atoms with E-state index in [1.165, 1.54) is 102 Å². The second kappa shape index (κ2) is 36.0. The second-order valence-electron chi connectivity index (χ2n) is 30.1. The second-order valence-corrected chi connectivity index (χ2v) is 30.1. The minimum atomic E-state index is -1.93. The summed E-state index contributed by atoms with van der Waals surface area (Å²) in [5, 5.41) is 135. The van der Waals surface area contributed by atoms with Crippen LogP contribution in [-0.4, -0.2) is 275 Å². The van der Waals surface area contributed by atoms with Crippen LogP contribution in [0.4, 0.5) is 13.2 Å². The number of aliphatic hydroxyl groups is 9. The number of amides is 3. The smallest absolute Gasteiger partial charge is 0.338 e. The Labute approximate surface area is 645 Å². The van der Waals surface area contributed by atoms with Crippen LogP contribution in [0.2, 0.25) is 0 Å². The molecule has 33 nitrogen and oxygen atoms in total. The first kappa shape index (κ1) is 80.9. The van der Waals surface area contributed by atoms with Gasteiger partial charge in [0, 0.05) is 54.7 Å². The Morgan fingerprint density at radius 3 is 1.61 bits per heavy atom. The highest BCUT2D eigenvalue weighted by atomic mass is 19.1. The zero-order chi connectivity index (χ0) is 79.3. The lowest BCUT2D eigenvalue weighted by atomic mass is 9.80. The first-order valence-electron chi connectivity index (χ1n) is 38.3. The van der Waals surface area contributed by atoms with E-state index < -0.39 is 195 Å². The minimum Gasteiger partial charge on any atom is -0.450 e. The monoisotopic (exact) mass is 1580 g/mol. The highest BCUT2D eigenvalue weighted by molar-refractivity contribution is 5.89. The van der Waals surface area contributed by atoms with E-state index in [9.17, 15) is 73.5 Å². The number of benzene rings is 4. The Hall–Kier alpha value is -8.67. The van der Waals surface area contributed by atoms with Crippen LogP contribution >= 0.6 is 0 Å². The van der Waals surface area contributed by atoms with Gasteiger partial charge in [-0.2, -0.15) is 0 Å². The molecule has 7 aromatic rings. The zero-order valence-corrected chi connectivity index (χ0v) is 61.5. The summed E-state index contributed by atoms with van der Waals surface area (Å²) in [6, 6.07) is 20.6. The summed E-state index contributed by atoms with van der Waals surface area (Å²) < 4.78 is 99.4. The van der Waals surface area contributed by atoms with Crippen molar-refractivity contribution in [2.24, 2.45) is 17.8 Å². The van der Waals surface area contributed by atoms with E-state index >= 15 is 4.79 Å². The van der Waals surface area contributed by atoms with Crippen LogP contribution in [0.1, 0.15) is 106 Å². The molecule has 7 heterocycles. The summed E-state index contributed by atoms with van der Waals surface area (Å²) in [6.07, 6.45) is -21.8. The lowest BCUT2D eigenvalue weighted by molar-refractivity contribution is -0.348. The molecule has 4 saturated heterocycles. The molecule has 7 aliphatic rings. The van der Waals surface area contributed by atoms with Crippen molar-refractivity contribution in [1.82, 2.24) is 60.5 Å². The van der Waals surface area contributed by atoms with Crippen molar-refractivity contribution in [2.45, 2.75) is 212 Å². The molecule has 3 amide bonds. The molecule has 14 rings (SSSR count). The summed E-state index contributed by atoms with van der Waals surface area (Å²) >= 11 is 0. The van der Waals surface area contributed by atoms with Gasteiger partial charge in [0.25, 0.3) is 5.91 Å². The van der Waals surface area contributed by atoms with Crippen molar-refractivity contribution in [3.8, 4) is 33.8 Å². The first-order chi connectivity index (χ1) is 54.6. The highest BCUT2D eigenvalue weighted by Gasteiger charge is 2.56. The SMILES string of the molecule is CC1O[C@@H](OC2C(n3cc(-c4cccc(F)c4)nn3)CC(C(=O)NCCNC(=O)C3CC(n4cc(-c5cccc(F)c5)nn4)C(O)[C@H](O[C@@H]4OC(CO)[C@H](O)C(n5cc(-c6cccc(F)c6)nn5)C4O)C3)C[C@H]2O[C@@H]2OC(CO)[C@H](O)C(O[C@@H](CC3CCCCC3)C(=O)N3CCC3)C2OC(=O)c2ccccc2)C(O)C(O)[C@@H]1O. The van der Waals surface area contributed by atoms with Gasteiger partial charge in [-0.15, -0.1) is 15.3 Å². The number of esters is 1. The van der Waals surface area contributed by atoms with E-state index in [0.717, 1.165) is 43.2 Å². The zero-order valence-electron chi connectivity index (χ0n) is 61.5. The van der Waals surface area contributed by atoms with Gasteiger partial charge in [-0.05, 0) is 99.9 Å². The molecule has 0 spiro atoms. The molecule has 3 aliphatic carbocycles. The number of nitrogens with zero attached hydrogens (tertiary/aromatic N) is 10. The molecule has 15 unspecified atom stereocenters. The fourth-order valence-electron chi connectivity index (χ4n) is 16.3. The molecule has 3 saturated carbocycles. The summed E-state index contributed by atoms with van der Waals surface area (Å²) in [7, 11) is 0. The van der Waals surface area contributed by atoms with Crippen LogP contribution in [0.3, 0.4) is 0 Å². The number of likely N-dealkylation sites (tertiary alicyclic amines) is 1. The maximum Gasteiger partial charge on any atom is 0.338 e. The van der Waals surface area contributed by atoms with Gasteiger partial charge in [0.05, 0.1) is 67.8 Å². The number of carbonyl (C=O) groups is 4. The summed E-state index contributed by atoms with van der Waals surface area (Å²) in [5.74, 6) is -6.45. The van der Waals surface area contributed by atoms with Gasteiger partial charge in [0.2, 0.25) is 11.8 Å². The van der Waals surface area contributed by atoms with Crippen molar-refractivity contribution in [3.63, 3.8) is 0 Å². The molecular formula is C77H93F3N12O21. The summed E-state index contributed by atoms with van der Waals surface area (Å²) in [5.41, 5.74) is 1.54. The largest absolute Gasteiger partial charge is 0.450 e. The van der Waals surface area contributed by atoms with E-state index in [0.29, 0.717) is 29.8 Å². The Morgan fingerprint density at radius 1 is 0.522 bits per heavy atom. The third kappa shape index (κ3) is 18.2. The predicted molar refractivity (Wildman–Crippen MR) is 384 cm³/mol. The molecule has 24 atom stereocenters. The first-order valence-corrected chi connectivity index (χ1v) is 38.3. The summed E-state index contributed by atoms with van der Waals surface area (Å²) in [4.78, 5) is 60.8. The molecule has 3 aromatic heterocycles. The number of aromatic nitrogens is 9. The molecule has 113 heavy (non-hydrogen) atoms. The van der Waals surface area contributed by atoms with Gasteiger partial charge in [0.15, 0.2) is 25.0 Å². The van der Waals surface area contributed by atoms with E-state index in [2.05, 4.69) is 41.6 Å². The van der Waals surface area contributed by atoms with Crippen LogP contribution in [0.5, 0.6) is 0 Å². The standard InChI is InChI=1S/C77H93F3N12O21/c1-39-61(95)66(100)67(101)76(106-39)113-68-54(91-35-51(84-87-91)43-17-9-20-48(79)28-43)31-46(33-56(68)109-77-70(112-74(105)41-14-6-3-7-15-41)69(64(98)59(38-94)111-77)107-57(73(104)89-24-11-25-89)26-40-12-4-2-5-13-40)72(103)82-23-22-81-71(102)45-30-53(90-34-50(83-86-90)42-16-8-19-47(78)27-42)62(96)55(32-45)108-75-65(99)60(63(97)58(37-93)110-75)92-36-52(85-88-92)44-18-10-21-49(80)29-44/h3,6-10,14-21,27-29,34-36,39-40,45-46,53-70,75-77,93-101H,2,4-5,11-13,22-26,30-33,37-38H2,1H3,(H,81,102)(H,82,103)/t39?,45?,46?,53?,54?,55-,56-,57+,58?,59?,60?,61-,62?,63+,64+,65?,66?,67?,68?,69?,70?,75-,76+,77-/m1/s1. The van der Waals surface area contributed by atoms with E-state index in [-0.39, 0.29) is 79.7 Å². The van der Waals surface area contributed by atoms with Crippen molar-refractivity contribution >= 4 is 23.7 Å². The molecule has 0 bridgehead atoms. The highest BCUT2D eigenvalue weighted by Crippen LogP contribution is 2.44. The van der Waals surface area contributed by atoms with E-state index in [1.807, 2.05) is 0 Å². The number of hydrogen-bond acceptors (Lipinski definition) is 27. The van der Waals surface area contributed by atoms with Gasteiger partial charge in [-0.25, -0.2) is 32.0 Å². The predicted octanol–water partition coefficient (Wildman–Crippen LogP) is 2.00. The third-order valence-corrected chi connectivity index (χ3v) is 22.6. The van der Waals surface area contributed by atoms with Gasteiger partial charge < -0.3 is 99.4 Å². The quantitative estimate of drug-likeness (QED) is 0.0273. The fourth-order valence-corrected chi connectivity index (χ4v) is 16.3. The molecular weight excluding hydrogens is 1490 g/mol. The van der Waals surface area contributed by atoms with Crippen LogP contribution in [-0.2, 0) is 52.3 Å². The minimum absolute atomic E-state index is 0.0506. The molecule has 0 radical (unpaired) electrons. The average molecular weight is 1580 g/mol. The van der Waals surface area contributed by atoms with Crippen LogP contribution in [0.25, 0.3) is 33.8 Å². The Kier molecular flexibility index (Phi) is 25.8. The van der Waals surface area contributed by atoms with Crippen molar-refractivity contribution in [1.29, 1.82) is 0 Å². The molecule has 11 N–H and O–H groups in total. The fraction of sp³-hybridized carbons (Fsp3) is 0.558. The Bertz CT molecular complexity index is 4370. The maximum absolute atomic E-state index is 15.2. The normalized spacial score (nSPS) is 32.6. The number of hydrogen-bond donors (Lipinski definition) is 11. The number of rotatable bonds is 26. The Balaban J connectivity index is 0.749.